The topological polar surface area (TPSA) is 61.0 Å². The van der Waals surface area contributed by atoms with Crippen LogP contribution in [0.25, 0.3) is 10.7 Å². The van der Waals surface area contributed by atoms with E-state index < -0.39 is 0 Å². The SMILES string of the molecule is COc1sc(-c2ncccc2Cl)nc1C(N)=S. The monoisotopic (exact) mass is 285 g/mol. The minimum Gasteiger partial charge on any atom is -0.486 e. The molecule has 0 aliphatic rings. The summed E-state index contributed by atoms with van der Waals surface area (Å²) in [6, 6.07) is 3.50. The van der Waals surface area contributed by atoms with E-state index in [0.29, 0.717) is 26.5 Å². The fourth-order valence-electron chi connectivity index (χ4n) is 1.24. The second-order valence-electron chi connectivity index (χ2n) is 3.06. The number of thiocarbonyl (C=S) groups is 1. The molecule has 0 amide bonds. The van der Waals surface area contributed by atoms with E-state index in [-0.39, 0.29) is 4.99 Å². The van der Waals surface area contributed by atoms with Crippen molar-refractivity contribution < 1.29 is 4.74 Å². The van der Waals surface area contributed by atoms with Crippen LogP contribution in [0.5, 0.6) is 5.06 Å². The molecule has 0 atom stereocenters. The van der Waals surface area contributed by atoms with Crippen molar-refractivity contribution in [2.45, 2.75) is 0 Å². The fourth-order valence-corrected chi connectivity index (χ4v) is 2.62. The van der Waals surface area contributed by atoms with E-state index in [1.807, 2.05) is 0 Å². The number of ether oxygens (including phenoxy) is 1. The summed E-state index contributed by atoms with van der Waals surface area (Å²) in [5.41, 5.74) is 6.62. The van der Waals surface area contributed by atoms with Crippen LogP contribution in [0.3, 0.4) is 0 Å². The lowest BCUT2D eigenvalue weighted by Crippen LogP contribution is -2.10. The lowest BCUT2D eigenvalue weighted by molar-refractivity contribution is 0.425. The van der Waals surface area contributed by atoms with Crippen molar-refractivity contribution in [3.05, 3.63) is 29.0 Å². The van der Waals surface area contributed by atoms with Gasteiger partial charge in [0.2, 0.25) is 5.06 Å². The van der Waals surface area contributed by atoms with Gasteiger partial charge in [-0.2, -0.15) is 0 Å². The summed E-state index contributed by atoms with van der Waals surface area (Å²) in [7, 11) is 1.54. The van der Waals surface area contributed by atoms with Crippen molar-refractivity contribution >= 4 is 40.1 Å². The molecule has 0 aromatic carbocycles. The van der Waals surface area contributed by atoms with Gasteiger partial charge in [-0.15, -0.1) is 0 Å². The molecule has 7 heteroatoms. The second-order valence-corrected chi connectivity index (χ2v) is 4.87. The third kappa shape index (κ3) is 2.38. The molecule has 0 saturated heterocycles. The molecule has 0 bridgehead atoms. The van der Waals surface area contributed by atoms with Crippen LogP contribution in [-0.2, 0) is 0 Å². The molecule has 2 N–H and O–H groups in total. The highest BCUT2D eigenvalue weighted by Gasteiger charge is 2.17. The molecule has 2 rings (SSSR count). The minimum atomic E-state index is 0.191. The van der Waals surface area contributed by atoms with Crippen molar-refractivity contribution in [1.29, 1.82) is 0 Å². The Balaban J connectivity index is 2.54. The molecule has 0 radical (unpaired) electrons. The van der Waals surface area contributed by atoms with Crippen LogP contribution in [0, 0.1) is 0 Å². The van der Waals surface area contributed by atoms with Gasteiger partial charge in [-0.05, 0) is 12.1 Å². The van der Waals surface area contributed by atoms with Gasteiger partial charge in [0, 0.05) is 6.20 Å². The summed E-state index contributed by atoms with van der Waals surface area (Å²) in [6.45, 7) is 0. The number of hydrogen-bond acceptors (Lipinski definition) is 5. The molecule has 0 aliphatic heterocycles. The van der Waals surface area contributed by atoms with Crippen LogP contribution >= 0.6 is 35.2 Å². The van der Waals surface area contributed by atoms with Gasteiger partial charge >= 0.3 is 0 Å². The van der Waals surface area contributed by atoms with E-state index in [1.54, 1.807) is 25.4 Å². The zero-order valence-electron chi connectivity index (χ0n) is 8.81. The van der Waals surface area contributed by atoms with Crippen LogP contribution in [0.2, 0.25) is 5.02 Å². The average molecular weight is 286 g/mol. The van der Waals surface area contributed by atoms with Gasteiger partial charge in [0.15, 0.2) is 5.69 Å². The maximum absolute atomic E-state index is 6.04. The number of thiazole rings is 1. The van der Waals surface area contributed by atoms with E-state index in [9.17, 15) is 0 Å². The van der Waals surface area contributed by atoms with E-state index in [2.05, 4.69) is 9.97 Å². The van der Waals surface area contributed by atoms with Gasteiger partial charge in [-0.25, -0.2) is 4.98 Å². The molecule has 17 heavy (non-hydrogen) atoms. The molecule has 88 valence electrons. The van der Waals surface area contributed by atoms with E-state index in [4.69, 9.17) is 34.3 Å². The first-order chi connectivity index (χ1) is 8.13. The molecule has 0 saturated carbocycles. The highest BCUT2D eigenvalue weighted by molar-refractivity contribution is 7.80. The number of hydrogen-bond donors (Lipinski definition) is 1. The molecular formula is C10H8ClN3OS2. The van der Waals surface area contributed by atoms with Gasteiger partial charge in [-0.3, -0.25) is 4.98 Å². The van der Waals surface area contributed by atoms with Gasteiger partial charge < -0.3 is 10.5 Å². The molecule has 0 spiro atoms. The van der Waals surface area contributed by atoms with Gasteiger partial charge in [0.05, 0.1) is 12.1 Å². The Labute approximate surface area is 112 Å². The standard InChI is InChI=1S/C10H8ClN3OS2/c1-15-10-7(8(12)16)14-9(17-10)6-5(11)3-2-4-13-6/h2-4H,1H3,(H2,12,16). The van der Waals surface area contributed by atoms with Crippen LogP contribution in [0.4, 0.5) is 0 Å². The van der Waals surface area contributed by atoms with Crippen molar-refractivity contribution in [3.8, 4) is 15.8 Å². The van der Waals surface area contributed by atoms with Crippen LogP contribution in [0.1, 0.15) is 5.69 Å². The molecule has 0 aliphatic carbocycles. The zero-order valence-corrected chi connectivity index (χ0v) is 11.2. The number of aromatic nitrogens is 2. The molecule has 2 heterocycles. The first-order valence-corrected chi connectivity index (χ1v) is 6.19. The number of methoxy groups -OCH3 is 1. The number of halogens is 1. The summed E-state index contributed by atoms with van der Waals surface area (Å²) >= 11 is 12.3. The third-order valence-electron chi connectivity index (χ3n) is 1.98. The van der Waals surface area contributed by atoms with Crippen molar-refractivity contribution in [1.82, 2.24) is 9.97 Å². The molecular weight excluding hydrogens is 278 g/mol. The van der Waals surface area contributed by atoms with Gasteiger partial charge in [0.25, 0.3) is 0 Å². The smallest absolute Gasteiger partial charge is 0.204 e. The normalized spacial score (nSPS) is 10.2. The third-order valence-corrected chi connectivity index (χ3v) is 3.50. The zero-order chi connectivity index (χ0) is 12.4. The molecule has 0 unspecified atom stereocenters. The Kier molecular flexibility index (Phi) is 3.56. The Morgan fingerprint density at radius 3 is 2.88 bits per heavy atom. The Hall–Kier alpha value is -1.24. The summed E-state index contributed by atoms with van der Waals surface area (Å²) in [5.74, 6) is 0. The summed E-state index contributed by atoms with van der Waals surface area (Å²) in [5, 5.41) is 1.72. The van der Waals surface area contributed by atoms with E-state index in [1.165, 1.54) is 11.3 Å². The fraction of sp³-hybridized carbons (Fsp3) is 0.100. The second kappa shape index (κ2) is 4.95. The maximum atomic E-state index is 6.04. The Morgan fingerprint density at radius 2 is 2.35 bits per heavy atom. The van der Waals surface area contributed by atoms with Crippen LogP contribution in [0.15, 0.2) is 18.3 Å². The van der Waals surface area contributed by atoms with E-state index in [0.717, 1.165) is 0 Å². The summed E-state index contributed by atoms with van der Waals surface area (Å²) < 4.78 is 5.17. The van der Waals surface area contributed by atoms with E-state index >= 15 is 0 Å². The Morgan fingerprint density at radius 1 is 1.59 bits per heavy atom. The summed E-state index contributed by atoms with van der Waals surface area (Å²) in [4.78, 5) is 8.66. The molecule has 4 nitrogen and oxygen atoms in total. The molecule has 0 fully saturated rings. The average Bonchev–Trinajstić information content (AvgIpc) is 2.73. The number of pyridine rings is 1. The predicted molar refractivity (Wildman–Crippen MR) is 72.8 cm³/mol. The minimum absolute atomic E-state index is 0.191. The quantitative estimate of drug-likeness (QED) is 0.878. The number of nitrogens with zero attached hydrogens (tertiary/aromatic N) is 2. The highest BCUT2D eigenvalue weighted by atomic mass is 35.5. The van der Waals surface area contributed by atoms with Crippen LogP contribution in [-0.4, -0.2) is 22.1 Å². The highest BCUT2D eigenvalue weighted by Crippen LogP contribution is 2.35. The lowest BCUT2D eigenvalue weighted by atomic mass is 10.3. The van der Waals surface area contributed by atoms with Crippen molar-refractivity contribution in [2.75, 3.05) is 7.11 Å². The van der Waals surface area contributed by atoms with Gasteiger partial charge in [-0.1, -0.05) is 35.2 Å². The lowest BCUT2D eigenvalue weighted by Gasteiger charge is -1.96. The molecule has 2 aromatic rings. The van der Waals surface area contributed by atoms with Crippen LogP contribution < -0.4 is 10.5 Å². The maximum Gasteiger partial charge on any atom is 0.204 e. The number of rotatable bonds is 3. The first-order valence-electron chi connectivity index (χ1n) is 4.59. The Bertz CT molecular complexity index is 570. The van der Waals surface area contributed by atoms with Crippen molar-refractivity contribution in [2.24, 2.45) is 5.73 Å². The van der Waals surface area contributed by atoms with Gasteiger partial charge in [0.1, 0.15) is 15.7 Å². The number of nitrogens with two attached hydrogens (primary N) is 1. The molecule has 2 aromatic heterocycles. The summed E-state index contributed by atoms with van der Waals surface area (Å²) in [6.07, 6.45) is 1.65. The predicted octanol–water partition coefficient (Wildman–Crippen LogP) is 2.50. The first kappa shape index (κ1) is 12.2. The van der Waals surface area contributed by atoms with Crippen molar-refractivity contribution in [3.63, 3.8) is 0 Å². The largest absolute Gasteiger partial charge is 0.486 e.